The van der Waals surface area contributed by atoms with Crippen LogP contribution in [0.25, 0.3) is 0 Å². The average molecular weight is 277 g/mol. The highest BCUT2D eigenvalue weighted by atomic mass is 32.2. The van der Waals surface area contributed by atoms with Gasteiger partial charge in [0.15, 0.2) is 0 Å². The predicted molar refractivity (Wildman–Crippen MR) is 72.2 cm³/mol. The minimum Gasteiger partial charge on any atom is -0.388 e. The largest absolute Gasteiger partial charge is 0.388 e. The first kappa shape index (κ1) is 13.5. The molecule has 2 aliphatic rings. The maximum absolute atomic E-state index is 9.60. The van der Waals surface area contributed by atoms with Crippen molar-refractivity contribution >= 4 is 28.3 Å². The topological polar surface area (TPSA) is 61.7 Å². The number of aliphatic hydroxyl groups is 2. The molecule has 0 amide bonds. The fourth-order valence-electron chi connectivity index (χ4n) is 2.25. The Bertz CT molecular complexity index is 271. The summed E-state index contributed by atoms with van der Waals surface area (Å²) < 4.78 is 6.06. The number of thiocarbonyl (C=S) groups is 1. The number of rotatable bonds is 3. The van der Waals surface area contributed by atoms with Gasteiger partial charge in [-0.3, -0.25) is 0 Å². The van der Waals surface area contributed by atoms with E-state index in [9.17, 15) is 10.2 Å². The van der Waals surface area contributed by atoms with Gasteiger partial charge < -0.3 is 20.3 Å². The maximum Gasteiger partial charge on any atom is 0.134 e. The van der Waals surface area contributed by atoms with Gasteiger partial charge in [-0.15, -0.1) is 0 Å². The van der Waals surface area contributed by atoms with Crippen molar-refractivity contribution < 1.29 is 14.9 Å². The highest BCUT2D eigenvalue weighted by Gasteiger charge is 2.34. The summed E-state index contributed by atoms with van der Waals surface area (Å²) in [6, 6.07) is 0.523. The second-order valence-corrected chi connectivity index (χ2v) is 6.35. The van der Waals surface area contributed by atoms with Gasteiger partial charge in [0.05, 0.1) is 12.7 Å². The third kappa shape index (κ3) is 3.79. The molecule has 1 aliphatic carbocycles. The lowest BCUT2D eigenvalue weighted by molar-refractivity contribution is 0.0338. The van der Waals surface area contributed by atoms with Crippen molar-refractivity contribution in [2.45, 2.75) is 50.0 Å². The van der Waals surface area contributed by atoms with Gasteiger partial charge in [-0.1, -0.05) is 36.8 Å². The highest BCUT2D eigenvalue weighted by Crippen LogP contribution is 2.21. The summed E-state index contributed by atoms with van der Waals surface area (Å²) >= 11 is 6.74. The lowest BCUT2D eigenvalue weighted by Gasteiger charge is -2.17. The van der Waals surface area contributed by atoms with E-state index in [1.165, 1.54) is 37.4 Å². The number of hydrogen-bond acceptors (Lipinski definition) is 5. The summed E-state index contributed by atoms with van der Waals surface area (Å²) in [7, 11) is 0. The number of thioether (sulfide) groups is 1. The van der Waals surface area contributed by atoms with E-state index in [2.05, 4.69) is 5.32 Å². The second kappa shape index (κ2) is 6.33. The van der Waals surface area contributed by atoms with E-state index in [0.717, 1.165) is 4.32 Å². The van der Waals surface area contributed by atoms with E-state index in [-0.39, 0.29) is 12.7 Å². The van der Waals surface area contributed by atoms with Gasteiger partial charge in [-0.2, -0.15) is 0 Å². The van der Waals surface area contributed by atoms with Gasteiger partial charge in [0, 0.05) is 11.8 Å². The summed E-state index contributed by atoms with van der Waals surface area (Å²) in [5, 5.41) is 22.3. The van der Waals surface area contributed by atoms with Crippen LogP contribution in [0.3, 0.4) is 0 Å². The van der Waals surface area contributed by atoms with E-state index in [1.807, 2.05) is 0 Å². The van der Waals surface area contributed by atoms with Crippen molar-refractivity contribution in [2.24, 2.45) is 0 Å². The summed E-state index contributed by atoms with van der Waals surface area (Å²) in [4.78, 5) is 0. The molecule has 6 heteroatoms. The van der Waals surface area contributed by atoms with Crippen LogP contribution in [0.2, 0.25) is 0 Å². The quantitative estimate of drug-likeness (QED) is 0.659. The van der Waals surface area contributed by atoms with E-state index in [1.54, 1.807) is 0 Å². The molecular weight excluding hydrogens is 258 g/mol. The van der Waals surface area contributed by atoms with E-state index in [4.69, 9.17) is 17.0 Å². The summed E-state index contributed by atoms with van der Waals surface area (Å²) in [6.07, 6.45) is 3.11. The molecule has 0 bridgehead atoms. The van der Waals surface area contributed by atoms with Crippen LogP contribution in [0.1, 0.15) is 25.7 Å². The molecule has 4 nitrogen and oxygen atoms in total. The molecule has 1 heterocycles. The Morgan fingerprint density at radius 1 is 1.35 bits per heavy atom. The van der Waals surface area contributed by atoms with Crippen LogP contribution in [0, 0.1) is 0 Å². The third-order valence-corrected chi connectivity index (χ3v) is 4.66. The van der Waals surface area contributed by atoms with Gasteiger partial charge in [0.2, 0.25) is 0 Å². The Labute approximate surface area is 111 Å². The van der Waals surface area contributed by atoms with Crippen LogP contribution in [0.15, 0.2) is 0 Å². The minimum atomic E-state index is -0.781. The number of hydrogen-bond donors (Lipinski definition) is 3. The molecule has 1 aliphatic heterocycles. The second-order valence-electron chi connectivity index (χ2n) is 4.65. The predicted octanol–water partition coefficient (Wildman–Crippen LogP) is 0.657. The van der Waals surface area contributed by atoms with Crippen LogP contribution >= 0.6 is 24.0 Å². The standard InChI is InChI=1S/C11H19NO3S2/c13-8-5-15-9(10(8)14)6-17-11(16)12-7-3-1-2-4-7/h7-10,13-14H,1-6H2,(H,12,16). The Balaban J connectivity index is 1.65. The molecule has 2 fully saturated rings. The summed E-state index contributed by atoms with van der Waals surface area (Å²) in [5.74, 6) is 0.594. The smallest absolute Gasteiger partial charge is 0.134 e. The molecule has 3 N–H and O–H groups in total. The van der Waals surface area contributed by atoms with Crippen LogP contribution in [0.5, 0.6) is 0 Å². The molecule has 1 saturated heterocycles. The first-order valence-corrected chi connectivity index (χ1v) is 7.47. The first-order valence-electron chi connectivity index (χ1n) is 6.08. The van der Waals surface area contributed by atoms with Crippen molar-refractivity contribution in [3.63, 3.8) is 0 Å². The van der Waals surface area contributed by atoms with Crippen molar-refractivity contribution in [1.29, 1.82) is 0 Å². The summed E-state index contributed by atoms with van der Waals surface area (Å²) in [6.45, 7) is 0.217. The highest BCUT2D eigenvalue weighted by molar-refractivity contribution is 8.23. The number of aliphatic hydroxyl groups excluding tert-OH is 2. The van der Waals surface area contributed by atoms with Gasteiger partial charge in [0.1, 0.15) is 16.5 Å². The van der Waals surface area contributed by atoms with Crippen molar-refractivity contribution in [3.05, 3.63) is 0 Å². The van der Waals surface area contributed by atoms with Crippen LogP contribution in [0.4, 0.5) is 0 Å². The SMILES string of the molecule is OC1COC(CSC(=S)NC2CCCC2)C1O. The Hall–Kier alpha value is 0.120. The maximum atomic E-state index is 9.60. The molecular formula is C11H19NO3S2. The molecule has 98 valence electrons. The monoisotopic (exact) mass is 277 g/mol. The molecule has 0 radical (unpaired) electrons. The average Bonchev–Trinajstić information content (AvgIpc) is 2.90. The number of ether oxygens (including phenoxy) is 1. The summed E-state index contributed by atoms with van der Waals surface area (Å²) in [5.41, 5.74) is 0. The van der Waals surface area contributed by atoms with E-state index < -0.39 is 12.2 Å². The Kier molecular flexibility index (Phi) is 5.05. The zero-order chi connectivity index (χ0) is 12.3. The molecule has 0 aromatic carbocycles. The van der Waals surface area contributed by atoms with Gasteiger partial charge in [0.25, 0.3) is 0 Å². The van der Waals surface area contributed by atoms with Crippen molar-refractivity contribution in [2.75, 3.05) is 12.4 Å². The lowest BCUT2D eigenvalue weighted by atomic mass is 10.2. The third-order valence-electron chi connectivity index (χ3n) is 3.31. The first-order chi connectivity index (χ1) is 8.16. The fraction of sp³-hybridized carbons (Fsp3) is 0.909. The lowest BCUT2D eigenvalue weighted by Crippen LogP contribution is -2.34. The molecule has 0 aromatic rings. The van der Waals surface area contributed by atoms with Gasteiger partial charge in [-0.25, -0.2) is 0 Å². The molecule has 0 aromatic heterocycles. The molecule has 0 spiro atoms. The Morgan fingerprint density at radius 3 is 2.65 bits per heavy atom. The normalized spacial score (nSPS) is 34.1. The zero-order valence-electron chi connectivity index (χ0n) is 9.67. The van der Waals surface area contributed by atoms with E-state index in [0.29, 0.717) is 11.8 Å². The molecule has 17 heavy (non-hydrogen) atoms. The molecule has 3 unspecified atom stereocenters. The van der Waals surface area contributed by atoms with Crippen LogP contribution < -0.4 is 5.32 Å². The van der Waals surface area contributed by atoms with Crippen LogP contribution in [-0.2, 0) is 4.74 Å². The van der Waals surface area contributed by atoms with E-state index >= 15 is 0 Å². The van der Waals surface area contributed by atoms with Crippen LogP contribution in [-0.4, -0.2) is 51.2 Å². The Morgan fingerprint density at radius 2 is 2.06 bits per heavy atom. The number of nitrogens with one attached hydrogen (secondary N) is 1. The molecule has 3 atom stereocenters. The van der Waals surface area contributed by atoms with Crippen molar-refractivity contribution in [3.8, 4) is 0 Å². The fourth-order valence-corrected chi connectivity index (χ4v) is 3.48. The minimum absolute atomic E-state index is 0.217. The van der Waals surface area contributed by atoms with Gasteiger partial charge >= 0.3 is 0 Å². The van der Waals surface area contributed by atoms with Gasteiger partial charge in [-0.05, 0) is 12.8 Å². The molecule has 2 rings (SSSR count). The molecule has 1 saturated carbocycles. The zero-order valence-corrected chi connectivity index (χ0v) is 11.3. The van der Waals surface area contributed by atoms with Crippen molar-refractivity contribution in [1.82, 2.24) is 5.32 Å².